The van der Waals surface area contributed by atoms with Gasteiger partial charge in [0.05, 0.1) is 30.4 Å². The van der Waals surface area contributed by atoms with Crippen molar-refractivity contribution >= 4 is 17.1 Å². The number of hydrogen-bond donors (Lipinski definition) is 1. The molecule has 9 nitrogen and oxygen atoms in total. The summed E-state index contributed by atoms with van der Waals surface area (Å²) in [6, 6.07) is 10.7. The van der Waals surface area contributed by atoms with Crippen LogP contribution >= 0.6 is 0 Å². The summed E-state index contributed by atoms with van der Waals surface area (Å²) in [4.78, 5) is 14.0. The molecule has 0 radical (unpaired) electrons. The lowest BCUT2D eigenvalue weighted by atomic mass is 10.1. The van der Waals surface area contributed by atoms with Gasteiger partial charge in [0, 0.05) is 17.4 Å². The molecule has 0 atom stereocenters. The topological polar surface area (TPSA) is 99.2 Å². The number of halogens is 3. The molecule has 0 fully saturated rings. The summed E-state index contributed by atoms with van der Waals surface area (Å²) < 4.78 is 42.5. The maximum absolute atomic E-state index is 12.8. The van der Waals surface area contributed by atoms with Gasteiger partial charge in [-0.25, -0.2) is 4.52 Å². The number of ether oxygens (including phenoxy) is 1. The fourth-order valence-corrected chi connectivity index (χ4v) is 2.98. The zero-order valence-electron chi connectivity index (χ0n) is 16.9. The van der Waals surface area contributed by atoms with Crippen molar-refractivity contribution in [3.8, 4) is 11.4 Å². The molecule has 12 heteroatoms. The Morgan fingerprint density at radius 2 is 2.06 bits per heavy atom. The normalized spacial score (nSPS) is 11.8. The lowest BCUT2D eigenvalue weighted by Crippen LogP contribution is -2.19. The molecule has 1 aromatic carbocycles. The number of pyridine rings is 1. The van der Waals surface area contributed by atoms with E-state index in [9.17, 15) is 18.0 Å². The average Bonchev–Trinajstić information content (AvgIpc) is 3.39. The Morgan fingerprint density at radius 3 is 2.88 bits per heavy atom. The lowest BCUT2D eigenvalue weighted by Gasteiger charge is -2.09. The molecule has 4 aromatic rings. The third-order valence-corrected chi connectivity index (χ3v) is 4.57. The van der Waals surface area contributed by atoms with Crippen LogP contribution in [0.25, 0.3) is 16.9 Å². The molecule has 0 spiro atoms. The molecule has 0 saturated heterocycles. The number of hydrogen-bond acceptors (Lipinski definition) is 6. The van der Waals surface area contributed by atoms with Gasteiger partial charge in [-0.3, -0.25) is 4.79 Å². The zero-order valence-corrected chi connectivity index (χ0v) is 16.9. The van der Waals surface area contributed by atoms with Crippen molar-refractivity contribution in [2.45, 2.75) is 19.6 Å². The Hall–Kier alpha value is -3.80. The minimum atomic E-state index is -4.38. The van der Waals surface area contributed by atoms with Crippen LogP contribution in [0.4, 0.5) is 18.9 Å². The SMILES string of the molecule is Cc1ccc(-c2nnn(CCOCC(F)(F)F)n2)cc1NC(=O)c1cnn2ccccc12. The number of alkyl halides is 3. The van der Waals surface area contributed by atoms with Gasteiger partial charge in [-0.15, -0.1) is 10.2 Å². The van der Waals surface area contributed by atoms with Crippen LogP contribution in [0.1, 0.15) is 15.9 Å². The van der Waals surface area contributed by atoms with E-state index in [4.69, 9.17) is 0 Å². The second kappa shape index (κ2) is 8.75. The Kier molecular flexibility index (Phi) is 5.86. The number of tetrazole rings is 1. The van der Waals surface area contributed by atoms with E-state index < -0.39 is 12.8 Å². The van der Waals surface area contributed by atoms with Crippen LogP contribution in [0.15, 0.2) is 48.8 Å². The standard InChI is InChI=1S/C20H18F3N7O2/c1-13-5-6-14(18-26-28-30(27-18)8-9-32-12-20(21,22)23)10-16(13)25-19(31)15-11-24-29-7-3-2-4-17(15)29/h2-7,10-11H,8-9,12H2,1H3,(H,25,31). The number of rotatable bonds is 7. The maximum Gasteiger partial charge on any atom is 0.411 e. The van der Waals surface area contributed by atoms with Crippen LogP contribution in [-0.4, -0.2) is 55.1 Å². The summed E-state index contributed by atoms with van der Waals surface area (Å²) in [6.07, 6.45) is -1.13. The summed E-state index contributed by atoms with van der Waals surface area (Å²) in [5, 5.41) is 19.0. The van der Waals surface area contributed by atoms with Gasteiger partial charge >= 0.3 is 6.18 Å². The van der Waals surface area contributed by atoms with E-state index in [-0.39, 0.29) is 24.9 Å². The van der Waals surface area contributed by atoms with E-state index in [0.29, 0.717) is 22.3 Å². The van der Waals surface area contributed by atoms with Gasteiger partial charge in [0.15, 0.2) is 0 Å². The van der Waals surface area contributed by atoms with Gasteiger partial charge in [0.25, 0.3) is 5.91 Å². The fraction of sp³-hybridized carbons (Fsp3) is 0.250. The van der Waals surface area contributed by atoms with Crippen LogP contribution in [0.5, 0.6) is 0 Å². The number of aryl methyl sites for hydroxylation is 1. The van der Waals surface area contributed by atoms with Gasteiger partial charge < -0.3 is 10.1 Å². The molecule has 0 unspecified atom stereocenters. The van der Waals surface area contributed by atoms with Crippen molar-refractivity contribution in [1.82, 2.24) is 29.8 Å². The Balaban J connectivity index is 1.46. The number of nitrogens with zero attached hydrogens (tertiary/aromatic N) is 6. The van der Waals surface area contributed by atoms with Crippen LogP contribution in [0.3, 0.4) is 0 Å². The van der Waals surface area contributed by atoms with E-state index in [1.54, 1.807) is 35.0 Å². The van der Waals surface area contributed by atoms with Crippen molar-refractivity contribution in [3.05, 3.63) is 59.9 Å². The van der Waals surface area contributed by atoms with Gasteiger partial charge in [-0.1, -0.05) is 18.2 Å². The quantitative estimate of drug-likeness (QED) is 0.439. The first-order valence-electron chi connectivity index (χ1n) is 9.57. The van der Waals surface area contributed by atoms with Crippen molar-refractivity contribution in [2.75, 3.05) is 18.5 Å². The van der Waals surface area contributed by atoms with Crippen molar-refractivity contribution < 1.29 is 22.7 Å². The number of amides is 1. The molecule has 0 aliphatic heterocycles. The molecule has 3 heterocycles. The number of nitrogens with one attached hydrogen (secondary N) is 1. The second-order valence-electron chi connectivity index (χ2n) is 6.95. The molecule has 0 bridgehead atoms. The predicted octanol–water partition coefficient (Wildman–Crippen LogP) is 3.13. The van der Waals surface area contributed by atoms with Crippen LogP contribution < -0.4 is 5.32 Å². The number of carbonyl (C=O) groups is 1. The Bertz CT molecular complexity index is 1250. The molecule has 0 saturated carbocycles. The second-order valence-corrected chi connectivity index (χ2v) is 6.95. The number of fused-ring (bicyclic) bond motifs is 1. The van der Waals surface area contributed by atoms with Crippen LogP contribution in [-0.2, 0) is 11.3 Å². The molecule has 3 aromatic heterocycles. The van der Waals surface area contributed by atoms with E-state index in [2.05, 4.69) is 30.6 Å². The first-order valence-corrected chi connectivity index (χ1v) is 9.57. The zero-order chi connectivity index (χ0) is 22.7. The highest BCUT2D eigenvalue weighted by Crippen LogP contribution is 2.24. The smallest absolute Gasteiger partial charge is 0.370 e. The molecular formula is C20H18F3N7O2. The minimum Gasteiger partial charge on any atom is -0.370 e. The highest BCUT2D eigenvalue weighted by molar-refractivity contribution is 6.09. The van der Waals surface area contributed by atoms with E-state index in [1.807, 2.05) is 19.1 Å². The predicted molar refractivity (Wildman–Crippen MR) is 108 cm³/mol. The summed E-state index contributed by atoms with van der Waals surface area (Å²) in [5.41, 5.74) is 3.09. The van der Waals surface area contributed by atoms with Crippen molar-refractivity contribution in [3.63, 3.8) is 0 Å². The molecular weight excluding hydrogens is 427 g/mol. The third kappa shape index (κ3) is 4.91. The number of carbonyl (C=O) groups excluding carboxylic acids is 1. The Morgan fingerprint density at radius 1 is 1.22 bits per heavy atom. The highest BCUT2D eigenvalue weighted by atomic mass is 19.4. The molecule has 0 aliphatic carbocycles. The van der Waals surface area contributed by atoms with E-state index >= 15 is 0 Å². The van der Waals surface area contributed by atoms with Gasteiger partial charge in [-0.2, -0.15) is 23.1 Å². The van der Waals surface area contributed by atoms with Crippen molar-refractivity contribution in [1.29, 1.82) is 0 Å². The average molecular weight is 445 g/mol. The van der Waals surface area contributed by atoms with E-state index in [0.717, 1.165) is 10.4 Å². The Labute approximate surface area is 179 Å². The highest BCUT2D eigenvalue weighted by Gasteiger charge is 2.27. The van der Waals surface area contributed by atoms with Crippen LogP contribution in [0.2, 0.25) is 0 Å². The summed E-state index contributed by atoms with van der Waals surface area (Å²) in [6.45, 7) is 0.331. The molecule has 1 N–H and O–H groups in total. The van der Waals surface area contributed by atoms with Gasteiger partial charge in [0.1, 0.15) is 6.61 Å². The first-order chi connectivity index (χ1) is 15.3. The number of benzene rings is 1. The molecule has 4 rings (SSSR count). The van der Waals surface area contributed by atoms with Gasteiger partial charge in [0.2, 0.25) is 5.82 Å². The number of aromatic nitrogens is 6. The molecule has 32 heavy (non-hydrogen) atoms. The number of anilines is 1. The van der Waals surface area contributed by atoms with Crippen molar-refractivity contribution in [2.24, 2.45) is 0 Å². The minimum absolute atomic E-state index is 0.0211. The lowest BCUT2D eigenvalue weighted by molar-refractivity contribution is -0.174. The first kappa shape index (κ1) is 21.4. The molecule has 1 amide bonds. The van der Waals surface area contributed by atoms with E-state index in [1.165, 1.54) is 6.20 Å². The summed E-state index contributed by atoms with van der Waals surface area (Å²) >= 11 is 0. The third-order valence-electron chi connectivity index (χ3n) is 4.57. The molecule has 166 valence electrons. The summed E-state index contributed by atoms with van der Waals surface area (Å²) in [5.74, 6) is -0.0443. The largest absolute Gasteiger partial charge is 0.411 e. The maximum atomic E-state index is 12.8. The summed E-state index contributed by atoms with van der Waals surface area (Å²) in [7, 11) is 0. The van der Waals surface area contributed by atoms with Gasteiger partial charge in [-0.05, 0) is 35.9 Å². The fourth-order valence-electron chi connectivity index (χ4n) is 2.98. The molecule has 0 aliphatic rings. The monoisotopic (exact) mass is 445 g/mol. The van der Waals surface area contributed by atoms with Crippen LogP contribution in [0, 0.1) is 6.92 Å².